The van der Waals surface area contributed by atoms with E-state index in [1.165, 1.54) is 16.9 Å². The number of hydrogen-bond acceptors (Lipinski definition) is 7. The molecule has 1 aliphatic rings. The molecule has 7 nitrogen and oxygen atoms in total. The fraction of sp³-hybridized carbons (Fsp3) is 0.367. The molecule has 0 saturated carbocycles. The quantitative estimate of drug-likeness (QED) is 0.286. The van der Waals surface area contributed by atoms with Gasteiger partial charge in [-0.2, -0.15) is 0 Å². The number of benzene rings is 2. The number of aromatic nitrogens is 1. The molecule has 0 aliphatic carbocycles. The van der Waals surface area contributed by atoms with Gasteiger partial charge < -0.3 is 14.2 Å². The highest BCUT2D eigenvalue weighted by molar-refractivity contribution is 7.07. The van der Waals surface area contributed by atoms with Crippen LogP contribution in [0.2, 0.25) is 0 Å². The predicted octanol–water partition coefficient (Wildman–Crippen LogP) is 4.34. The molecule has 0 N–H and O–H groups in total. The Balaban J connectivity index is 1.83. The summed E-state index contributed by atoms with van der Waals surface area (Å²) in [6.07, 6.45) is 2.76. The van der Waals surface area contributed by atoms with Crippen LogP contribution < -0.4 is 19.6 Å². The standard InChI is InChI=1S/C30H34N2O5S/c1-6-14-36-24-9-7-8-21(17-24)18-25-28(33)32-27(23-12-10-22(11-13-23)19(2)3)26(20(4)31-30(32)38-25)29(34)37-16-15-35-5/h7-13,17-19,27H,6,14-16H2,1-5H3. The van der Waals surface area contributed by atoms with Gasteiger partial charge in [-0.15, -0.1) is 0 Å². The fourth-order valence-electron chi connectivity index (χ4n) is 4.32. The largest absolute Gasteiger partial charge is 0.494 e. The Hall–Kier alpha value is -3.49. The minimum absolute atomic E-state index is 0.117. The van der Waals surface area contributed by atoms with Crippen molar-refractivity contribution in [3.05, 3.63) is 96.2 Å². The first kappa shape index (κ1) is 27.5. The summed E-state index contributed by atoms with van der Waals surface area (Å²) >= 11 is 1.31. The zero-order valence-electron chi connectivity index (χ0n) is 22.5. The van der Waals surface area contributed by atoms with Crippen molar-refractivity contribution in [1.82, 2.24) is 4.57 Å². The Kier molecular flexibility index (Phi) is 8.97. The molecule has 0 fully saturated rings. The molecule has 0 spiro atoms. The summed E-state index contributed by atoms with van der Waals surface area (Å²) in [5.41, 5.74) is 3.54. The average molecular weight is 535 g/mol. The van der Waals surface area contributed by atoms with Gasteiger partial charge in [0.15, 0.2) is 4.80 Å². The van der Waals surface area contributed by atoms with Crippen LogP contribution >= 0.6 is 11.3 Å². The molecule has 1 unspecified atom stereocenters. The maximum Gasteiger partial charge on any atom is 0.338 e. The van der Waals surface area contributed by atoms with Gasteiger partial charge >= 0.3 is 5.97 Å². The van der Waals surface area contributed by atoms with E-state index in [2.05, 4.69) is 25.8 Å². The van der Waals surface area contributed by atoms with Crippen molar-refractivity contribution < 1.29 is 19.0 Å². The van der Waals surface area contributed by atoms with Gasteiger partial charge in [-0.1, -0.05) is 68.5 Å². The summed E-state index contributed by atoms with van der Waals surface area (Å²) in [6, 6.07) is 15.1. The lowest BCUT2D eigenvalue weighted by Crippen LogP contribution is -2.40. The van der Waals surface area contributed by atoms with Gasteiger partial charge in [-0.25, -0.2) is 9.79 Å². The average Bonchev–Trinajstić information content (AvgIpc) is 3.21. The second-order valence-electron chi connectivity index (χ2n) is 9.45. The zero-order valence-corrected chi connectivity index (χ0v) is 23.3. The molecule has 4 rings (SSSR count). The number of allylic oxidation sites excluding steroid dienone is 1. The van der Waals surface area contributed by atoms with E-state index in [0.29, 0.717) is 33.1 Å². The van der Waals surface area contributed by atoms with Crippen molar-refractivity contribution in [3.63, 3.8) is 0 Å². The Morgan fingerprint density at radius 2 is 1.89 bits per heavy atom. The number of methoxy groups -OCH3 is 1. The molecule has 0 saturated heterocycles. The summed E-state index contributed by atoms with van der Waals surface area (Å²) in [6.45, 7) is 9.13. The van der Waals surface area contributed by atoms with E-state index in [9.17, 15) is 9.59 Å². The van der Waals surface area contributed by atoms with Crippen LogP contribution in [0, 0.1) is 0 Å². The number of rotatable bonds is 10. The number of thiazole rings is 1. The van der Waals surface area contributed by atoms with Gasteiger partial charge in [0, 0.05) is 7.11 Å². The van der Waals surface area contributed by atoms with E-state index in [4.69, 9.17) is 14.2 Å². The van der Waals surface area contributed by atoms with Crippen molar-refractivity contribution >= 4 is 23.4 Å². The number of ether oxygens (including phenoxy) is 3. The first-order valence-corrected chi connectivity index (χ1v) is 13.7. The first-order chi connectivity index (χ1) is 18.3. The van der Waals surface area contributed by atoms with Crippen LogP contribution in [0.25, 0.3) is 6.08 Å². The number of carbonyl (C=O) groups is 1. The number of fused-ring (bicyclic) bond motifs is 1. The van der Waals surface area contributed by atoms with Crippen molar-refractivity contribution in [1.29, 1.82) is 0 Å². The Bertz CT molecular complexity index is 1500. The van der Waals surface area contributed by atoms with E-state index < -0.39 is 12.0 Å². The van der Waals surface area contributed by atoms with Crippen molar-refractivity contribution in [3.8, 4) is 5.75 Å². The smallest absolute Gasteiger partial charge is 0.338 e. The van der Waals surface area contributed by atoms with Gasteiger partial charge in [0.25, 0.3) is 5.56 Å². The lowest BCUT2D eigenvalue weighted by molar-refractivity contribution is -0.140. The molecule has 200 valence electrons. The molecule has 2 heterocycles. The maximum absolute atomic E-state index is 13.8. The molecule has 38 heavy (non-hydrogen) atoms. The monoisotopic (exact) mass is 534 g/mol. The summed E-state index contributed by atoms with van der Waals surface area (Å²) in [5, 5.41) is 0. The number of hydrogen-bond donors (Lipinski definition) is 0. The van der Waals surface area contributed by atoms with Crippen molar-refractivity contribution in [2.45, 2.75) is 46.1 Å². The molecule has 0 amide bonds. The van der Waals surface area contributed by atoms with Gasteiger partial charge in [-0.3, -0.25) is 9.36 Å². The molecule has 1 aliphatic heterocycles. The van der Waals surface area contributed by atoms with Crippen LogP contribution in [0.15, 0.2) is 69.6 Å². The molecular weight excluding hydrogens is 500 g/mol. The Labute approximate surface area is 226 Å². The third kappa shape index (κ3) is 5.97. The lowest BCUT2D eigenvalue weighted by atomic mass is 9.93. The van der Waals surface area contributed by atoms with Crippen LogP contribution in [-0.2, 0) is 14.3 Å². The summed E-state index contributed by atoms with van der Waals surface area (Å²) in [5.74, 6) is 0.614. The van der Waals surface area contributed by atoms with E-state index in [-0.39, 0.29) is 18.8 Å². The van der Waals surface area contributed by atoms with Gasteiger partial charge in [0.2, 0.25) is 0 Å². The van der Waals surface area contributed by atoms with Crippen LogP contribution in [0.1, 0.15) is 62.8 Å². The second kappa shape index (κ2) is 12.4. The molecule has 0 radical (unpaired) electrons. The minimum Gasteiger partial charge on any atom is -0.494 e. The van der Waals surface area contributed by atoms with Gasteiger partial charge in [-0.05, 0) is 54.2 Å². The molecule has 1 aromatic heterocycles. The number of esters is 1. The second-order valence-corrected chi connectivity index (χ2v) is 10.5. The highest BCUT2D eigenvalue weighted by atomic mass is 32.1. The molecule has 2 aromatic carbocycles. The third-order valence-corrected chi connectivity index (χ3v) is 7.29. The molecular formula is C30H34N2O5S. The summed E-state index contributed by atoms with van der Waals surface area (Å²) in [4.78, 5) is 32.3. The van der Waals surface area contributed by atoms with E-state index in [0.717, 1.165) is 23.3 Å². The SMILES string of the molecule is CCCOc1cccc(C=c2sc3n(c2=O)C(c2ccc(C(C)C)cc2)C(C(=O)OCCOC)=C(C)N=3)c1. The van der Waals surface area contributed by atoms with Gasteiger partial charge in [0.1, 0.15) is 12.4 Å². The predicted molar refractivity (Wildman–Crippen MR) is 149 cm³/mol. The Morgan fingerprint density at radius 3 is 2.58 bits per heavy atom. The number of carbonyl (C=O) groups excluding carboxylic acids is 1. The van der Waals surface area contributed by atoms with Crippen molar-refractivity contribution in [2.24, 2.45) is 4.99 Å². The summed E-state index contributed by atoms with van der Waals surface area (Å²) in [7, 11) is 1.55. The van der Waals surface area contributed by atoms with E-state index >= 15 is 0 Å². The third-order valence-electron chi connectivity index (χ3n) is 6.31. The lowest BCUT2D eigenvalue weighted by Gasteiger charge is -2.25. The number of nitrogens with zero attached hydrogens (tertiary/aromatic N) is 2. The highest BCUT2D eigenvalue weighted by Gasteiger charge is 2.33. The first-order valence-electron chi connectivity index (χ1n) is 12.8. The van der Waals surface area contributed by atoms with Crippen LogP contribution in [0.3, 0.4) is 0 Å². The summed E-state index contributed by atoms with van der Waals surface area (Å²) < 4.78 is 18.4. The Morgan fingerprint density at radius 1 is 1.13 bits per heavy atom. The zero-order chi connectivity index (χ0) is 27.2. The van der Waals surface area contributed by atoms with Crippen LogP contribution in [-0.4, -0.2) is 37.5 Å². The molecule has 3 aromatic rings. The molecule has 0 bridgehead atoms. The van der Waals surface area contributed by atoms with Gasteiger partial charge in [0.05, 0.1) is 35.1 Å². The molecule has 8 heteroatoms. The topological polar surface area (TPSA) is 79.1 Å². The van der Waals surface area contributed by atoms with Crippen LogP contribution in [0.4, 0.5) is 0 Å². The minimum atomic E-state index is -0.649. The normalized spacial score (nSPS) is 15.4. The van der Waals surface area contributed by atoms with Crippen molar-refractivity contribution in [2.75, 3.05) is 26.9 Å². The molecule has 1 atom stereocenters. The van der Waals surface area contributed by atoms with E-state index in [1.54, 1.807) is 18.6 Å². The van der Waals surface area contributed by atoms with Crippen LogP contribution in [0.5, 0.6) is 5.75 Å². The van der Waals surface area contributed by atoms with E-state index in [1.807, 2.05) is 54.6 Å². The maximum atomic E-state index is 13.8. The fourth-order valence-corrected chi connectivity index (χ4v) is 5.37. The highest BCUT2D eigenvalue weighted by Crippen LogP contribution is 2.31.